The SMILES string of the molecule is CCCC1(CC)[n+]2ccc3ccccc3c2-c2cc(-c3ccc4c(c3)c3ccccc3n4-c3ccccc3)ccc2C1(C)CC. The quantitative estimate of drug-likeness (QED) is 0.172. The van der Waals surface area contributed by atoms with Crippen molar-refractivity contribution in [1.29, 1.82) is 0 Å². The summed E-state index contributed by atoms with van der Waals surface area (Å²) in [5.41, 5.74) is 10.5. The number of nitrogens with zero attached hydrogens (tertiary/aromatic N) is 2. The fraction of sp³-hybridized carbons (Fsp3) is 0.233. The molecule has 0 saturated heterocycles. The second-order valence-corrected chi connectivity index (χ2v) is 13.1. The second-order valence-electron chi connectivity index (χ2n) is 13.1. The van der Waals surface area contributed by atoms with E-state index in [-0.39, 0.29) is 11.0 Å². The van der Waals surface area contributed by atoms with E-state index in [1.165, 1.54) is 66.2 Å². The molecule has 2 aromatic heterocycles. The van der Waals surface area contributed by atoms with E-state index in [2.05, 4.69) is 164 Å². The average molecular weight is 586 g/mol. The van der Waals surface area contributed by atoms with E-state index < -0.39 is 0 Å². The van der Waals surface area contributed by atoms with Crippen molar-refractivity contribution >= 4 is 32.6 Å². The highest BCUT2D eigenvalue weighted by molar-refractivity contribution is 6.10. The van der Waals surface area contributed by atoms with E-state index in [4.69, 9.17) is 0 Å². The van der Waals surface area contributed by atoms with Crippen LogP contribution in [0.4, 0.5) is 0 Å². The number of fused-ring (bicyclic) bond motifs is 8. The molecule has 7 aromatic rings. The van der Waals surface area contributed by atoms with Gasteiger partial charge in [0, 0.05) is 35.4 Å². The summed E-state index contributed by atoms with van der Waals surface area (Å²) in [6, 6.07) is 45.2. The highest BCUT2D eigenvalue weighted by Gasteiger charge is 2.59. The third-order valence-corrected chi connectivity index (χ3v) is 11.2. The minimum Gasteiger partial charge on any atom is -0.309 e. The largest absolute Gasteiger partial charge is 0.309 e. The number of rotatable bonds is 6. The number of hydrogen-bond donors (Lipinski definition) is 0. The Hall–Kier alpha value is -4.69. The minimum atomic E-state index is 0.0127. The Morgan fingerprint density at radius 2 is 1.31 bits per heavy atom. The highest BCUT2D eigenvalue weighted by atomic mass is 15.1. The Labute approximate surface area is 266 Å². The lowest BCUT2D eigenvalue weighted by Gasteiger charge is -2.48. The van der Waals surface area contributed by atoms with E-state index in [0.717, 1.165) is 25.7 Å². The molecule has 0 fully saturated rings. The number of hydrogen-bond acceptors (Lipinski definition) is 0. The van der Waals surface area contributed by atoms with Crippen LogP contribution in [0.15, 0.2) is 128 Å². The van der Waals surface area contributed by atoms with Gasteiger partial charge in [0.25, 0.3) is 0 Å². The summed E-state index contributed by atoms with van der Waals surface area (Å²) in [7, 11) is 0. The molecule has 0 bridgehead atoms. The molecule has 0 radical (unpaired) electrons. The fourth-order valence-electron chi connectivity index (χ4n) is 8.84. The van der Waals surface area contributed by atoms with Gasteiger partial charge in [0.15, 0.2) is 11.7 Å². The normalized spacial score (nSPS) is 19.2. The zero-order valence-electron chi connectivity index (χ0n) is 26.8. The maximum Gasteiger partial charge on any atom is 0.221 e. The van der Waals surface area contributed by atoms with Crippen LogP contribution in [0.2, 0.25) is 0 Å². The maximum atomic E-state index is 2.69. The van der Waals surface area contributed by atoms with E-state index in [1.54, 1.807) is 0 Å². The first-order valence-corrected chi connectivity index (χ1v) is 16.7. The molecule has 222 valence electrons. The zero-order valence-corrected chi connectivity index (χ0v) is 26.8. The van der Waals surface area contributed by atoms with Gasteiger partial charge >= 0.3 is 0 Å². The van der Waals surface area contributed by atoms with Crippen LogP contribution in [0.1, 0.15) is 58.9 Å². The molecule has 2 unspecified atom stereocenters. The lowest BCUT2D eigenvalue weighted by Crippen LogP contribution is -2.69. The summed E-state index contributed by atoms with van der Waals surface area (Å²) in [6.45, 7) is 9.66. The first kappa shape index (κ1) is 27.8. The monoisotopic (exact) mass is 585 g/mol. The predicted octanol–water partition coefficient (Wildman–Crippen LogP) is 11.1. The van der Waals surface area contributed by atoms with Crippen LogP contribution >= 0.6 is 0 Å². The van der Waals surface area contributed by atoms with Crippen molar-refractivity contribution < 1.29 is 4.57 Å². The summed E-state index contributed by atoms with van der Waals surface area (Å²) >= 11 is 0. The molecule has 0 saturated carbocycles. The number of pyridine rings is 1. The molecule has 8 rings (SSSR count). The summed E-state index contributed by atoms with van der Waals surface area (Å²) in [4.78, 5) is 0. The van der Waals surface area contributed by atoms with Gasteiger partial charge in [0.05, 0.1) is 27.4 Å². The smallest absolute Gasteiger partial charge is 0.221 e. The Balaban J connectivity index is 1.39. The predicted molar refractivity (Wildman–Crippen MR) is 190 cm³/mol. The lowest BCUT2D eigenvalue weighted by molar-refractivity contribution is -0.769. The Morgan fingerprint density at radius 3 is 2.09 bits per heavy atom. The molecule has 5 aromatic carbocycles. The number of benzene rings is 5. The number of aromatic nitrogens is 2. The van der Waals surface area contributed by atoms with Crippen molar-refractivity contribution in [1.82, 2.24) is 4.57 Å². The second kappa shape index (κ2) is 10.4. The molecular weight excluding hydrogens is 544 g/mol. The molecule has 0 N–H and O–H groups in total. The van der Waals surface area contributed by atoms with Crippen molar-refractivity contribution in [3.8, 4) is 28.1 Å². The van der Waals surface area contributed by atoms with Crippen LogP contribution in [0.3, 0.4) is 0 Å². The first-order valence-electron chi connectivity index (χ1n) is 16.7. The van der Waals surface area contributed by atoms with Crippen molar-refractivity contribution in [2.75, 3.05) is 0 Å². The Morgan fingerprint density at radius 1 is 0.622 bits per heavy atom. The van der Waals surface area contributed by atoms with Crippen LogP contribution < -0.4 is 4.57 Å². The van der Waals surface area contributed by atoms with Crippen LogP contribution in [0.25, 0.3) is 60.6 Å². The summed E-state index contributed by atoms with van der Waals surface area (Å²) < 4.78 is 5.08. The third-order valence-electron chi connectivity index (χ3n) is 11.2. The summed E-state index contributed by atoms with van der Waals surface area (Å²) in [5, 5.41) is 5.22. The van der Waals surface area contributed by atoms with E-state index in [1.807, 2.05) is 0 Å². The molecule has 2 heteroatoms. The fourth-order valence-corrected chi connectivity index (χ4v) is 8.84. The summed E-state index contributed by atoms with van der Waals surface area (Å²) in [5.74, 6) is 0. The van der Waals surface area contributed by atoms with Gasteiger partial charge in [0.2, 0.25) is 5.69 Å². The van der Waals surface area contributed by atoms with Crippen LogP contribution in [-0.2, 0) is 11.0 Å². The van der Waals surface area contributed by atoms with Crippen molar-refractivity contribution in [3.05, 3.63) is 133 Å². The van der Waals surface area contributed by atoms with Crippen LogP contribution in [0.5, 0.6) is 0 Å². The zero-order chi connectivity index (χ0) is 30.8. The van der Waals surface area contributed by atoms with E-state index >= 15 is 0 Å². The molecule has 0 spiro atoms. The van der Waals surface area contributed by atoms with Crippen LogP contribution in [-0.4, -0.2) is 4.57 Å². The molecule has 0 amide bonds. The number of para-hydroxylation sites is 2. The molecule has 2 atom stereocenters. The molecule has 3 heterocycles. The van der Waals surface area contributed by atoms with Gasteiger partial charge in [-0.15, -0.1) is 0 Å². The Bertz CT molecular complexity index is 2220. The maximum absolute atomic E-state index is 2.69. The molecule has 2 nitrogen and oxygen atoms in total. The molecule has 1 aliphatic rings. The van der Waals surface area contributed by atoms with Gasteiger partial charge in [-0.25, -0.2) is 0 Å². The molecule has 0 aliphatic carbocycles. The van der Waals surface area contributed by atoms with Gasteiger partial charge in [0.1, 0.15) is 0 Å². The van der Waals surface area contributed by atoms with Crippen molar-refractivity contribution in [2.45, 2.75) is 64.3 Å². The van der Waals surface area contributed by atoms with Gasteiger partial charge in [-0.2, -0.15) is 4.57 Å². The van der Waals surface area contributed by atoms with Gasteiger partial charge < -0.3 is 4.57 Å². The minimum absolute atomic E-state index is 0.0127. The lowest BCUT2D eigenvalue weighted by atomic mass is 9.58. The first-order chi connectivity index (χ1) is 22.0. The van der Waals surface area contributed by atoms with E-state index in [0.29, 0.717) is 0 Å². The average Bonchev–Trinajstić information content (AvgIpc) is 3.43. The van der Waals surface area contributed by atoms with Gasteiger partial charge in [-0.1, -0.05) is 93.6 Å². The molecule has 45 heavy (non-hydrogen) atoms. The van der Waals surface area contributed by atoms with Crippen LogP contribution in [0, 0.1) is 0 Å². The van der Waals surface area contributed by atoms with Crippen molar-refractivity contribution in [2.24, 2.45) is 0 Å². The topological polar surface area (TPSA) is 8.81 Å². The molecule has 1 aliphatic heterocycles. The highest BCUT2D eigenvalue weighted by Crippen LogP contribution is 2.53. The Kier molecular flexibility index (Phi) is 6.46. The van der Waals surface area contributed by atoms with Gasteiger partial charge in [-0.3, -0.25) is 0 Å². The van der Waals surface area contributed by atoms with Gasteiger partial charge in [-0.05, 0) is 84.3 Å². The standard InChI is InChI=1S/C43H41N2/c1-5-26-43(7-3)42(4,6-2)38-23-21-31(29-37(38)41-34-18-12-11-15-30(34)25-27-44(41)43)32-22-24-40-36(28-32)35-19-13-14-20-39(35)45(40)33-16-9-8-10-17-33/h8-25,27-29H,5-7,26H2,1-4H3/q+1. The van der Waals surface area contributed by atoms with Crippen molar-refractivity contribution in [3.63, 3.8) is 0 Å². The molecular formula is C43H41N2+. The van der Waals surface area contributed by atoms with E-state index in [9.17, 15) is 0 Å². The third kappa shape index (κ3) is 3.84. The summed E-state index contributed by atoms with van der Waals surface area (Å²) in [6.07, 6.45) is 6.91.